The summed E-state index contributed by atoms with van der Waals surface area (Å²) in [5, 5.41) is 9.62. The number of pyridine rings is 1. The van der Waals surface area contributed by atoms with Crippen LogP contribution in [0.2, 0.25) is 0 Å². The monoisotopic (exact) mass is 332 g/mol. The molecule has 0 radical (unpaired) electrons. The zero-order chi connectivity index (χ0) is 16.9. The fraction of sp³-hybridized carbons (Fsp3) is 0.125. The molecule has 0 unspecified atom stereocenters. The normalized spacial score (nSPS) is 10.7. The first kappa shape index (κ1) is 15.7. The Morgan fingerprint density at radius 3 is 2.79 bits per heavy atom. The number of anilines is 2. The third-order valence-corrected chi connectivity index (χ3v) is 3.18. The van der Waals surface area contributed by atoms with Gasteiger partial charge in [0, 0.05) is 11.8 Å². The van der Waals surface area contributed by atoms with Crippen molar-refractivity contribution in [3.05, 3.63) is 48.8 Å². The SMILES string of the molecule is COc1ccc(Nc2cn[nH]c2)nc1-c1cccc(OC(F)F)c1. The minimum absolute atomic E-state index is 0.0551. The van der Waals surface area contributed by atoms with Gasteiger partial charge in [-0.05, 0) is 24.3 Å². The lowest BCUT2D eigenvalue weighted by molar-refractivity contribution is -0.0498. The van der Waals surface area contributed by atoms with Crippen molar-refractivity contribution in [1.29, 1.82) is 0 Å². The number of rotatable bonds is 6. The average Bonchev–Trinajstić information content (AvgIpc) is 3.07. The largest absolute Gasteiger partial charge is 0.494 e. The van der Waals surface area contributed by atoms with Crippen LogP contribution in [0.15, 0.2) is 48.8 Å². The summed E-state index contributed by atoms with van der Waals surface area (Å²) in [6.07, 6.45) is 3.30. The first-order chi connectivity index (χ1) is 11.7. The van der Waals surface area contributed by atoms with E-state index in [1.807, 2.05) is 0 Å². The summed E-state index contributed by atoms with van der Waals surface area (Å²) < 4.78 is 34.5. The second kappa shape index (κ2) is 6.95. The Bertz CT molecular complexity index is 810. The van der Waals surface area contributed by atoms with Crippen LogP contribution in [-0.4, -0.2) is 28.9 Å². The Morgan fingerprint density at radius 2 is 2.08 bits per heavy atom. The van der Waals surface area contributed by atoms with Gasteiger partial charge in [0.1, 0.15) is 23.0 Å². The van der Waals surface area contributed by atoms with E-state index in [4.69, 9.17) is 4.74 Å². The van der Waals surface area contributed by atoms with Crippen LogP contribution in [0, 0.1) is 0 Å². The highest BCUT2D eigenvalue weighted by Crippen LogP contribution is 2.32. The maximum Gasteiger partial charge on any atom is 0.387 e. The van der Waals surface area contributed by atoms with Gasteiger partial charge in [0.15, 0.2) is 0 Å². The Labute approximate surface area is 136 Å². The molecule has 6 nitrogen and oxygen atoms in total. The number of hydrogen-bond acceptors (Lipinski definition) is 5. The van der Waals surface area contributed by atoms with Crippen LogP contribution in [0.25, 0.3) is 11.3 Å². The van der Waals surface area contributed by atoms with Crippen LogP contribution in [0.3, 0.4) is 0 Å². The lowest BCUT2D eigenvalue weighted by Gasteiger charge is -2.12. The molecule has 0 aliphatic carbocycles. The van der Waals surface area contributed by atoms with Crippen LogP contribution in [0.1, 0.15) is 0 Å². The summed E-state index contributed by atoms with van der Waals surface area (Å²) >= 11 is 0. The molecular weight excluding hydrogens is 318 g/mol. The van der Waals surface area contributed by atoms with Gasteiger partial charge in [0.25, 0.3) is 0 Å². The first-order valence-electron chi connectivity index (χ1n) is 7.02. The zero-order valence-corrected chi connectivity index (χ0v) is 12.7. The fourth-order valence-electron chi connectivity index (χ4n) is 2.17. The Balaban J connectivity index is 1.96. The van der Waals surface area contributed by atoms with Crippen molar-refractivity contribution in [2.24, 2.45) is 0 Å². The first-order valence-corrected chi connectivity index (χ1v) is 7.02. The van der Waals surface area contributed by atoms with E-state index in [0.717, 1.165) is 5.69 Å². The third-order valence-electron chi connectivity index (χ3n) is 3.18. The molecule has 1 aromatic carbocycles. The van der Waals surface area contributed by atoms with Gasteiger partial charge in [-0.15, -0.1) is 0 Å². The second-order valence-electron chi connectivity index (χ2n) is 4.77. The molecule has 0 saturated heterocycles. The standard InChI is InChI=1S/C16H14F2N4O2/c1-23-13-5-6-14(21-11-8-19-20-9-11)22-15(13)10-3-2-4-12(7-10)24-16(17)18/h2-9,16H,1H3,(H,19,20)(H,21,22). The molecule has 0 bridgehead atoms. The summed E-state index contributed by atoms with van der Waals surface area (Å²) in [5.41, 5.74) is 1.85. The van der Waals surface area contributed by atoms with E-state index in [1.54, 1.807) is 36.7 Å². The van der Waals surface area contributed by atoms with Crippen LogP contribution in [-0.2, 0) is 0 Å². The molecule has 0 amide bonds. The molecule has 0 spiro atoms. The molecule has 2 N–H and O–H groups in total. The van der Waals surface area contributed by atoms with Gasteiger partial charge >= 0.3 is 6.61 Å². The number of halogens is 2. The van der Waals surface area contributed by atoms with E-state index in [0.29, 0.717) is 22.8 Å². The van der Waals surface area contributed by atoms with Crippen molar-refractivity contribution < 1.29 is 18.3 Å². The minimum atomic E-state index is -2.89. The van der Waals surface area contributed by atoms with Crippen molar-refractivity contribution >= 4 is 11.5 Å². The number of benzene rings is 1. The topological polar surface area (TPSA) is 72.1 Å². The van der Waals surface area contributed by atoms with Gasteiger partial charge in [-0.25, -0.2) is 4.98 Å². The van der Waals surface area contributed by atoms with E-state index in [-0.39, 0.29) is 5.75 Å². The Hall–Kier alpha value is -3.16. The quantitative estimate of drug-likeness (QED) is 0.718. The number of hydrogen-bond donors (Lipinski definition) is 2. The summed E-state index contributed by atoms with van der Waals surface area (Å²) in [6.45, 7) is -2.89. The summed E-state index contributed by atoms with van der Waals surface area (Å²) in [7, 11) is 1.52. The summed E-state index contributed by atoms with van der Waals surface area (Å²) in [6, 6.07) is 9.78. The van der Waals surface area contributed by atoms with Gasteiger partial charge in [-0.3, -0.25) is 5.10 Å². The number of alkyl halides is 2. The molecule has 8 heteroatoms. The van der Waals surface area contributed by atoms with Crippen molar-refractivity contribution in [3.8, 4) is 22.8 Å². The molecule has 24 heavy (non-hydrogen) atoms. The zero-order valence-electron chi connectivity index (χ0n) is 12.7. The molecule has 124 valence electrons. The number of nitrogens with one attached hydrogen (secondary N) is 2. The number of ether oxygens (including phenoxy) is 2. The smallest absolute Gasteiger partial charge is 0.387 e. The van der Waals surface area contributed by atoms with Crippen LogP contribution < -0.4 is 14.8 Å². The molecule has 3 rings (SSSR count). The number of aromatic amines is 1. The lowest BCUT2D eigenvalue weighted by atomic mass is 10.1. The van der Waals surface area contributed by atoms with E-state index >= 15 is 0 Å². The summed E-state index contributed by atoms with van der Waals surface area (Å²) in [5.74, 6) is 1.13. The van der Waals surface area contributed by atoms with E-state index in [2.05, 4.69) is 25.2 Å². The van der Waals surface area contributed by atoms with E-state index in [1.165, 1.54) is 19.2 Å². The van der Waals surface area contributed by atoms with Crippen molar-refractivity contribution in [2.75, 3.05) is 12.4 Å². The lowest BCUT2D eigenvalue weighted by Crippen LogP contribution is -2.02. The van der Waals surface area contributed by atoms with Crippen LogP contribution in [0.5, 0.6) is 11.5 Å². The summed E-state index contributed by atoms with van der Waals surface area (Å²) in [4.78, 5) is 4.49. The highest BCUT2D eigenvalue weighted by atomic mass is 19.3. The molecule has 0 fully saturated rings. The van der Waals surface area contributed by atoms with Crippen molar-refractivity contribution in [1.82, 2.24) is 15.2 Å². The molecular formula is C16H14F2N4O2. The Morgan fingerprint density at radius 1 is 1.21 bits per heavy atom. The molecule has 2 aromatic heterocycles. The van der Waals surface area contributed by atoms with Gasteiger partial charge in [-0.2, -0.15) is 13.9 Å². The average molecular weight is 332 g/mol. The predicted molar refractivity (Wildman–Crippen MR) is 84.7 cm³/mol. The fourth-order valence-corrected chi connectivity index (χ4v) is 2.17. The van der Waals surface area contributed by atoms with Crippen LogP contribution >= 0.6 is 0 Å². The van der Waals surface area contributed by atoms with Crippen molar-refractivity contribution in [2.45, 2.75) is 6.61 Å². The van der Waals surface area contributed by atoms with E-state index in [9.17, 15) is 8.78 Å². The Kier molecular flexibility index (Phi) is 4.55. The molecule has 0 aliphatic heterocycles. The molecule has 0 aliphatic rings. The molecule has 3 aromatic rings. The van der Waals surface area contributed by atoms with Crippen LogP contribution in [0.4, 0.5) is 20.3 Å². The van der Waals surface area contributed by atoms with Gasteiger partial charge in [-0.1, -0.05) is 12.1 Å². The van der Waals surface area contributed by atoms with E-state index < -0.39 is 6.61 Å². The minimum Gasteiger partial charge on any atom is -0.494 e. The molecule has 0 atom stereocenters. The van der Waals surface area contributed by atoms with Crippen molar-refractivity contribution in [3.63, 3.8) is 0 Å². The predicted octanol–water partition coefficient (Wildman–Crippen LogP) is 3.83. The number of aromatic nitrogens is 3. The highest BCUT2D eigenvalue weighted by molar-refractivity contribution is 5.70. The maximum absolute atomic E-state index is 12.4. The van der Waals surface area contributed by atoms with Gasteiger partial charge in [0.05, 0.1) is 19.0 Å². The number of methoxy groups -OCH3 is 1. The molecule has 2 heterocycles. The molecule has 0 saturated carbocycles. The third kappa shape index (κ3) is 3.60. The van der Waals surface area contributed by atoms with Gasteiger partial charge < -0.3 is 14.8 Å². The van der Waals surface area contributed by atoms with Gasteiger partial charge in [0.2, 0.25) is 0 Å². The number of H-pyrrole nitrogens is 1. The highest BCUT2D eigenvalue weighted by Gasteiger charge is 2.12. The maximum atomic E-state index is 12.4. The second-order valence-corrected chi connectivity index (χ2v) is 4.77. The number of nitrogens with zero attached hydrogens (tertiary/aromatic N) is 2.